The van der Waals surface area contributed by atoms with Crippen molar-refractivity contribution in [2.24, 2.45) is 0 Å². The van der Waals surface area contributed by atoms with Crippen molar-refractivity contribution >= 4 is 43.4 Å². The molecule has 0 fully saturated rings. The molecule has 0 aromatic heterocycles. The molecule has 0 aliphatic heterocycles. The number of halogens is 2. The Morgan fingerprint density at radius 1 is 0.476 bits per heavy atom. The van der Waals surface area contributed by atoms with E-state index in [1.807, 2.05) is 12.1 Å². The van der Waals surface area contributed by atoms with Gasteiger partial charge in [0.25, 0.3) is 0 Å². The monoisotopic (exact) mass is 696 g/mol. The molecule has 4 aromatic rings. The number of carbonyl (C=O) groups excluding carboxylic acids is 2. The topological polar surface area (TPSA) is 115 Å². The first kappa shape index (κ1) is 32.9. The van der Waals surface area contributed by atoms with Crippen LogP contribution in [0.1, 0.15) is 47.9 Å². The molecule has 42 heavy (non-hydrogen) atoms. The standard InChI is InChI=1S/C17H16Br2O3.C17H18O3/c18-16-7-5-14(21)9-11(16)1-3-13(20)4-2-12-10-15(22)6-8-17(12)19;18-15(9-7-13-3-1-5-16(19)11-13)10-8-14-4-2-6-17(20)12-14/h5-10,21-22H,1-4H2;1-6,11-12,19-20H,7-10H2. The highest BCUT2D eigenvalue weighted by molar-refractivity contribution is 9.10. The lowest BCUT2D eigenvalue weighted by atomic mass is 10.0. The fourth-order valence-corrected chi connectivity index (χ4v) is 5.18. The van der Waals surface area contributed by atoms with E-state index < -0.39 is 0 Å². The summed E-state index contributed by atoms with van der Waals surface area (Å²) in [6, 6.07) is 24.1. The molecule has 0 bridgehead atoms. The van der Waals surface area contributed by atoms with E-state index in [-0.39, 0.29) is 34.6 Å². The van der Waals surface area contributed by atoms with Crippen molar-refractivity contribution in [1.29, 1.82) is 0 Å². The summed E-state index contributed by atoms with van der Waals surface area (Å²) in [6.45, 7) is 0. The minimum Gasteiger partial charge on any atom is -0.508 e. The van der Waals surface area contributed by atoms with Crippen molar-refractivity contribution in [3.05, 3.63) is 116 Å². The largest absolute Gasteiger partial charge is 0.508 e. The highest BCUT2D eigenvalue weighted by atomic mass is 79.9. The first-order chi connectivity index (χ1) is 20.1. The van der Waals surface area contributed by atoms with Crippen LogP contribution in [0.15, 0.2) is 93.9 Å². The number of Topliss-reactive ketones (excluding diaryl/α,β-unsaturated/α-hetero) is 2. The molecule has 4 rings (SSSR count). The normalized spacial score (nSPS) is 10.5. The van der Waals surface area contributed by atoms with Crippen LogP contribution in [0.3, 0.4) is 0 Å². The van der Waals surface area contributed by atoms with Crippen molar-refractivity contribution in [2.45, 2.75) is 51.4 Å². The van der Waals surface area contributed by atoms with Crippen LogP contribution in [0.2, 0.25) is 0 Å². The van der Waals surface area contributed by atoms with Gasteiger partial charge >= 0.3 is 0 Å². The molecule has 0 radical (unpaired) electrons. The number of aryl methyl sites for hydroxylation is 4. The summed E-state index contributed by atoms with van der Waals surface area (Å²) in [5.41, 5.74) is 3.78. The quantitative estimate of drug-likeness (QED) is 0.119. The fraction of sp³-hybridized carbons (Fsp3) is 0.235. The Kier molecular flexibility index (Phi) is 13.1. The van der Waals surface area contributed by atoms with Gasteiger partial charge in [-0.25, -0.2) is 0 Å². The predicted octanol–water partition coefficient (Wildman–Crippen LogP) is 7.99. The molecule has 0 saturated carbocycles. The first-order valence-electron chi connectivity index (χ1n) is 13.6. The van der Waals surface area contributed by atoms with Gasteiger partial charge in [0.05, 0.1) is 0 Å². The second-order valence-corrected chi connectivity index (χ2v) is 11.7. The minimum absolute atomic E-state index is 0.158. The van der Waals surface area contributed by atoms with E-state index in [0.717, 1.165) is 31.2 Å². The van der Waals surface area contributed by atoms with Crippen LogP contribution < -0.4 is 0 Å². The Morgan fingerprint density at radius 3 is 1.21 bits per heavy atom. The second-order valence-electron chi connectivity index (χ2n) is 9.97. The number of hydrogen-bond donors (Lipinski definition) is 4. The minimum atomic E-state index is 0.158. The summed E-state index contributed by atoms with van der Waals surface area (Å²) in [4.78, 5) is 23.9. The number of aromatic hydroxyl groups is 4. The average Bonchev–Trinajstić information content (AvgIpc) is 2.96. The van der Waals surface area contributed by atoms with E-state index in [2.05, 4.69) is 31.9 Å². The summed E-state index contributed by atoms with van der Waals surface area (Å²) in [5, 5.41) is 37.6. The number of carbonyl (C=O) groups is 2. The highest BCUT2D eigenvalue weighted by Gasteiger charge is 2.09. The van der Waals surface area contributed by atoms with Gasteiger partial charge in [-0.2, -0.15) is 0 Å². The van der Waals surface area contributed by atoms with Gasteiger partial charge in [0.15, 0.2) is 0 Å². The average molecular weight is 698 g/mol. The van der Waals surface area contributed by atoms with Crippen LogP contribution in [0.4, 0.5) is 0 Å². The Morgan fingerprint density at radius 2 is 0.833 bits per heavy atom. The van der Waals surface area contributed by atoms with Crippen LogP contribution in [0.25, 0.3) is 0 Å². The maximum absolute atomic E-state index is 12.0. The zero-order valence-corrected chi connectivity index (χ0v) is 26.3. The third kappa shape index (κ3) is 11.7. The van der Waals surface area contributed by atoms with E-state index in [4.69, 9.17) is 0 Å². The SMILES string of the molecule is O=C(CCc1cc(O)ccc1Br)CCc1cc(O)ccc1Br.O=C(CCc1cccc(O)c1)CCc1cccc(O)c1. The summed E-state index contributed by atoms with van der Waals surface area (Å²) in [7, 11) is 0. The summed E-state index contributed by atoms with van der Waals surface area (Å²) >= 11 is 6.83. The van der Waals surface area contributed by atoms with Crippen LogP contribution in [-0.2, 0) is 35.3 Å². The third-order valence-corrected chi connectivity index (χ3v) is 8.16. The highest BCUT2D eigenvalue weighted by Crippen LogP contribution is 2.25. The zero-order chi connectivity index (χ0) is 30.5. The van der Waals surface area contributed by atoms with Gasteiger partial charge < -0.3 is 20.4 Å². The fourth-order valence-electron chi connectivity index (χ4n) is 4.30. The Hall–Kier alpha value is -3.62. The second kappa shape index (κ2) is 16.7. The number of phenols is 4. The van der Waals surface area contributed by atoms with Gasteiger partial charge in [-0.05, 0) is 109 Å². The lowest BCUT2D eigenvalue weighted by Gasteiger charge is -2.07. The zero-order valence-electron chi connectivity index (χ0n) is 23.1. The molecule has 0 heterocycles. The van der Waals surface area contributed by atoms with Crippen LogP contribution >= 0.6 is 31.9 Å². The molecule has 0 aliphatic carbocycles. The van der Waals surface area contributed by atoms with Crippen molar-refractivity contribution in [1.82, 2.24) is 0 Å². The molecular weight excluding hydrogens is 664 g/mol. The molecule has 0 amide bonds. The number of phenolic OH excluding ortho intramolecular Hbond substituents is 4. The summed E-state index contributed by atoms with van der Waals surface area (Å²) in [5.74, 6) is 1.22. The van der Waals surface area contributed by atoms with Crippen LogP contribution in [0, 0.1) is 0 Å². The van der Waals surface area contributed by atoms with Gasteiger partial charge in [-0.3, -0.25) is 9.59 Å². The predicted molar refractivity (Wildman–Crippen MR) is 171 cm³/mol. The van der Waals surface area contributed by atoms with E-state index in [0.29, 0.717) is 51.4 Å². The van der Waals surface area contributed by atoms with Gasteiger partial charge in [0, 0.05) is 34.6 Å². The molecule has 0 aliphatic rings. The Bertz CT molecular complexity index is 1390. The van der Waals surface area contributed by atoms with Crippen molar-refractivity contribution in [3.63, 3.8) is 0 Å². The molecule has 4 aromatic carbocycles. The summed E-state index contributed by atoms with van der Waals surface area (Å²) in [6.07, 6.45) is 4.28. The lowest BCUT2D eigenvalue weighted by molar-refractivity contribution is -0.119. The molecule has 220 valence electrons. The van der Waals surface area contributed by atoms with Crippen LogP contribution in [0.5, 0.6) is 23.0 Å². The van der Waals surface area contributed by atoms with E-state index in [9.17, 15) is 30.0 Å². The lowest BCUT2D eigenvalue weighted by Crippen LogP contribution is -2.03. The van der Waals surface area contributed by atoms with Gasteiger partial charge in [0.1, 0.15) is 34.6 Å². The smallest absolute Gasteiger partial charge is 0.133 e. The van der Waals surface area contributed by atoms with Gasteiger partial charge in [0.2, 0.25) is 0 Å². The number of ketones is 2. The third-order valence-electron chi connectivity index (χ3n) is 6.61. The summed E-state index contributed by atoms with van der Waals surface area (Å²) < 4.78 is 1.79. The molecule has 8 heteroatoms. The molecule has 6 nitrogen and oxygen atoms in total. The maximum atomic E-state index is 12.0. The number of benzene rings is 4. The molecule has 4 N–H and O–H groups in total. The Labute approximate surface area is 262 Å². The molecular formula is C34H34Br2O6. The number of hydrogen-bond acceptors (Lipinski definition) is 6. The maximum Gasteiger partial charge on any atom is 0.133 e. The van der Waals surface area contributed by atoms with Crippen LogP contribution in [-0.4, -0.2) is 32.0 Å². The van der Waals surface area contributed by atoms with Crippen molar-refractivity contribution < 1.29 is 30.0 Å². The van der Waals surface area contributed by atoms with Crippen molar-refractivity contribution in [2.75, 3.05) is 0 Å². The molecule has 0 spiro atoms. The van der Waals surface area contributed by atoms with Gasteiger partial charge in [-0.15, -0.1) is 0 Å². The molecule has 0 saturated heterocycles. The van der Waals surface area contributed by atoms with E-state index in [1.165, 1.54) is 0 Å². The van der Waals surface area contributed by atoms with E-state index in [1.54, 1.807) is 72.8 Å². The molecule has 0 atom stereocenters. The molecule has 0 unspecified atom stereocenters. The van der Waals surface area contributed by atoms with Crippen molar-refractivity contribution in [3.8, 4) is 23.0 Å². The number of rotatable bonds is 12. The Balaban J connectivity index is 0.000000231. The first-order valence-corrected chi connectivity index (χ1v) is 15.2. The van der Waals surface area contributed by atoms with E-state index >= 15 is 0 Å². The van der Waals surface area contributed by atoms with Gasteiger partial charge in [-0.1, -0.05) is 56.1 Å².